The summed E-state index contributed by atoms with van der Waals surface area (Å²) in [5.74, 6) is 0.296. The van der Waals surface area contributed by atoms with Crippen LogP contribution in [0.4, 0.5) is 17.1 Å². The van der Waals surface area contributed by atoms with Crippen LogP contribution >= 0.6 is 11.8 Å². The van der Waals surface area contributed by atoms with Crippen molar-refractivity contribution in [2.75, 3.05) is 11.9 Å². The first kappa shape index (κ1) is 16.7. The fourth-order valence-electron chi connectivity index (χ4n) is 4.45. The second-order valence-electron chi connectivity index (χ2n) is 7.60. The van der Waals surface area contributed by atoms with Gasteiger partial charge in [-0.15, -0.1) is 0 Å². The van der Waals surface area contributed by atoms with Crippen molar-refractivity contribution in [2.24, 2.45) is 0 Å². The molecular weight excluding hydrogens is 378 g/mol. The first-order valence-electron chi connectivity index (χ1n) is 9.80. The highest BCUT2D eigenvalue weighted by Crippen LogP contribution is 2.45. The topological polar surface area (TPSA) is 51.1 Å². The van der Waals surface area contributed by atoms with Crippen LogP contribution in [0.25, 0.3) is 10.9 Å². The third-order valence-electron chi connectivity index (χ3n) is 5.89. The molecule has 0 radical (unpaired) electrons. The summed E-state index contributed by atoms with van der Waals surface area (Å²) >= 11 is 1.82. The van der Waals surface area contributed by atoms with Crippen molar-refractivity contribution in [3.05, 3.63) is 71.9 Å². The molecule has 0 unspecified atom stereocenters. The molecule has 0 saturated heterocycles. The molecule has 0 amide bonds. The predicted molar refractivity (Wildman–Crippen MR) is 119 cm³/mol. The third-order valence-corrected chi connectivity index (χ3v) is 7.03. The number of aromatic nitrogens is 1. The van der Waals surface area contributed by atoms with Gasteiger partial charge < -0.3 is 15.4 Å². The maximum atomic E-state index is 9.82. The molecule has 2 aliphatic heterocycles. The number of phenols is 1. The molecule has 0 fully saturated rings. The minimum absolute atomic E-state index is 0.296. The van der Waals surface area contributed by atoms with E-state index < -0.39 is 0 Å². The first-order chi connectivity index (χ1) is 14.2. The zero-order valence-corrected chi connectivity index (χ0v) is 16.8. The molecule has 3 aromatic carbocycles. The molecule has 4 aromatic rings. The lowest BCUT2D eigenvalue weighted by molar-refractivity contribution is -0.442. The Bertz CT molecular complexity index is 1340. The molecule has 0 atom stereocenters. The van der Waals surface area contributed by atoms with Crippen LogP contribution in [0.3, 0.4) is 0 Å². The number of aromatic amines is 1. The molecule has 2 aliphatic rings. The van der Waals surface area contributed by atoms with Crippen molar-refractivity contribution in [3.63, 3.8) is 0 Å². The van der Waals surface area contributed by atoms with E-state index in [0.717, 1.165) is 24.2 Å². The normalized spacial score (nSPS) is 14.9. The average Bonchev–Trinajstić information content (AvgIpc) is 3.10. The number of fused-ring (bicyclic) bond motifs is 5. The highest BCUT2D eigenvalue weighted by atomic mass is 32.2. The van der Waals surface area contributed by atoms with Gasteiger partial charge >= 0.3 is 0 Å². The third kappa shape index (κ3) is 2.58. The lowest BCUT2D eigenvalue weighted by atomic mass is 10.0. The molecule has 3 N–H and O–H groups in total. The molecule has 29 heavy (non-hydrogen) atoms. The van der Waals surface area contributed by atoms with Crippen LogP contribution in [-0.4, -0.2) is 26.9 Å². The Labute approximate surface area is 172 Å². The number of para-hydroxylation sites is 1. The minimum atomic E-state index is 0.296. The molecule has 5 heteroatoms. The van der Waals surface area contributed by atoms with Gasteiger partial charge in [0.1, 0.15) is 11.4 Å². The molecule has 142 valence electrons. The average molecular weight is 399 g/mol. The van der Waals surface area contributed by atoms with E-state index in [-0.39, 0.29) is 0 Å². The summed E-state index contributed by atoms with van der Waals surface area (Å²) in [5.41, 5.74) is 8.27. The maximum absolute atomic E-state index is 9.82. The predicted octanol–water partition coefficient (Wildman–Crippen LogP) is 5.79. The molecule has 1 aromatic heterocycles. The van der Waals surface area contributed by atoms with Crippen molar-refractivity contribution >= 4 is 45.4 Å². The zero-order chi connectivity index (χ0) is 19.5. The van der Waals surface area contributed by atoms with Gasteiger partial charge in [0.05, 0.1) is 11.4 Å². The number of H-pyrrole nitrogens is 1. The summed E-state index contributed by atoms with van der Waals surface area (Å²) in [6.45, 7) is 3.12. The molecule has 0 aliphatic carbocycles. The highest BCUT2D eigenvalue weighted by molar-refractivity contribution is 7.99. The van der Waals surface area contributed by atoms with Gasteiger partial charge in [-0.2, -0.15) is 4.58 Å². The summed E-state index contributed by atoms with van der Waals surface area (Å²) in [7, 11) is 0. The Morgan fingerprint density at radius 3 is 2.76 bits per heavy atom. The van der Waals surface area contributed by atoms with Crippen LogP contribution in [0, 0.1) is 0 Å². The van der Waals surface area contributed by atoms with Crippen molar-refractivity contribution in [1.29, 1.82) is 0 Å². The number of phenolic OH excluding ortho intramolecular Hbond substituents is 1. The van der Waals surface area contributed by atoms with Crippen molar-refractivity contribution in [1.82, 2.24) is 4.98 Å². The van der Waals surface area contributed by atoms with Gasteiger partial charge in [-0.3, -0.25) is 0 Å². The Morgan fingerprint density at radius 2 is 1.83 bits per heavy atom. The van der Waals surface area contributed by atoms with E-state index in [1.54, 1.807) is 6.07 Å². The van der Waals surface area contributed by atoms with Gasteiger partial charge in [0, 0.05) is 52.2 Å². The zero-order valence-electron chi connectivity index (χ0n) is 16.0. The Kier molecular flexibility index (Phi) is 3.56. The van der Waals surface area contributed by atoms with E-state index in [1.807, 2.05) is 23.9 Å². The van der Waals surface area contributed by atoms with E-state index in [0.29, 0.717) is 5.75 Å². The van der Waals surface area contributed by atoms with Crippen LogP contribution < -0.4 is 5.32 Å². The van der Waals surface area contributed by atoms with Gasteiger partial charge in [-0.25, -0.2) is 0 Å². The van der Waals surface area contributed by atoms with Crippen LogP contribution in [0.5, 0.6) is 5.75 Å². The van der Waals surface area contributed by atoms with Crippen molar-refractivity contribution in [2.45, 2.75) is 23.1 Å². The van der Waals surface area contributed by atoms with Gasteiger partial charge in [0.2, 0.25) is 11.4 Å². The number of aromatic hydroxyl groups is 1. The van der Waals surface area contributed by atoms with E-state index in [1.165, 1.54) is 43.5 Å². The SMILES string of the molecule is CC1=[N+](c2ccc3c(c2)Sc2ccccc2N3)CCc2c1[nH]c1cc(O)ccc21. The van der Waals surface area contributed by atoms with Gasteiger partial charge in [0.25, 0.3) is 0 Å². The number of nitrogens with zero attached hydrogens (tertiary/aromatic N) is 1. The second kappa shape index (κ2) is 6.16. The summed E-state index contributed by atoms with van der Waals surface area (Å²) in [6, 6.07) is 20.7. The number of anilines is 2. The second-order valence-corrected chi connectivity index (χ2v) is 8.68. The highest BCUT2D eigenvalue weighted by Gasteiger charge is 2.28. The van der Waals surface area contributed by atoms with E-state index >= 15 is 0 Å². The number of nitrogens with one attached hydrogen (secondary N) is 2. The largest absolute Gasteiger partial charge is 0.508 e. The van der Waals surface area contributed by atoms with E-state index in [2.05, 4.69) is 64.3 Å². The molecule has 3 heterocycles. The standard InChI is InChI=1S/C24H19N3OS/c1-14-24-18(17-8-7-16(28)13-21(17)26-24)10-11-27(14)15-6-9-20-23(12-15)29-22-5-3-2-4-19(22)25-20/h2-9,12-13,25H,10-11H2,1H3,(H,26,28)/p+1. The van der Waals surface area contributed by atoms with E-state index in [4.69, 9.17) is 0 Å². The van der Waals surface area contributed by atoms with Gasteiger partial charge in [0.15, 0.2) is 6.54 Å². The van der Waals surface area contributed by atoms with Gasteiger partial charge in [-0.05, 0) is 35.9 Å². The van der Waals surface area contributed by atoms with Crippen LogP contribution in [0.1, 0.15) is 18.2 Å². The maximum Gasteiger partial charge on any atom is 0.206 e. The Hall–Kier alpha value is -3.18. The first-order valence-corrected chi connectivity index (χ1v) is 10.6. The Morgan fingerprint density at radius 1 is 0.966 bits per heavy atom. The number of benzene rings is 3. The fourth-order valence-corrected chi connectivity index (χ4v) is 5.47. The van der Waals surface area contributed by atoms with E-state index in [9.17, 15) is 5.11 Å². The molecule has 0 spiro atoms. The molecular formula is C24H20N3OS+. The molecule has 4 nitrogen and oxygen atoms in total. The molecule has 0 bridgehead atoms. The number of rotatable bonds is 1. The lowest BCUT2D eigenvalue weighted by Gasteiger charge is -2.21. The van der Waals surface area contributed by atoms with Crippen molar-refractivity contribution < 1.29 is 9.68 Å². The number of hydrogen-bond acceptors (Lipinski definition) is 3. The van der Waals surface area contributed by atoms with Crippen LogP contribution in [-0.2, 0) is 6.42 Å². The summed E-state index contributed by atoms with van der Waals surface area (Å²) in [4.78, 5) is 6.04. The van der Waals surface area contributed by atoms with Crippen LogP contribution in [0.15, 0.2) is 70.5 Å². The fraction of sp³-hybridized carbons (Fsp3) is 0.125. The molecule has 6 rings (SSSR count). The molecule has 0 saturated carbocycles. The lowest BCUT2D eigenvalue weighted by Crippen LogP contribution is -2.24. The summed E-state index contributed by atoms with van der Waals surface area (Å²) < 4.78 is 2.39. The van der Waals surface area contributed by atoms with Crippen LogP contribution in [0.2, 0.25) is 0 Å². The minimum Gasteiger partial charge on any atom is -0.508 e. The quantitative estimate of drug-likeness (QED) is 0.313. The monoisotopic (exact) mass is 398 g/mol. The smallest absolute Gasteiger partial charge is 0.206 e. The number of hydrogen-bond donors (Lipinski definition) is 3. The summed E-state index contributed by atoms with van der Waals surface area (Å²) in [6.07, 6.45) is 0.975. The van der Waals surface area contributed by atoms with Gasteiger partial charge in [-0.1, -0.05) is 23.9 Å². The Balaban J connectivity index is 1.44. The van der Waals surface area contributed by atoms with Crippen molar-refractivity contribution in [3.8, 4) is 5.75 Å². The summed E-state index contributed by atoms with van der Waals surface area (Å²) in [5, 5.41) is 14.6.